The Balaban J connectivity index is 1.36. The first-order valence-electron chi connectivity index (χ1n) is 43.4. The lowest BCUT2D eigenvalue weighted by Gasteiger charge is -2.53. The topological polar surface area (TPSA) is 674 Å². The van der Waals surface area contributed by atoms with Gasteiger partial charge in [0.15, 0.2) is 25.2 Å². The van der Waals surface area contributed by atoms with Gasteiger partial charge in [-0.05, 0) is 26.2 Å². The Morgan fingerprint density at radius 3 is 1.41 bits per heavy atom. The minimum absolute atomic E-state index is 0.0872. The van der Waals surface area contributed by atoms with Gasteiger partial charge in [-0.15, -0.1) is 0 Å². The van der Waals surface area contributed by atoms with E-state index in [-0.39, 0.29) is 6.42 Å². The summed E-state index contributed by atoms with van der Waals surface area (Å²) >= 11 is 0. The molecule has 6 rings (SSSR count). The fraction of sp³-hybridized carbons (Fsp3) is 0.901. The van der Waals surface area contributed by atoms with E-state index in [1.54, 1.807) is 6.08 Å². The van der Waals surface area contributed by atoms with E-state index in [0.29, 0.717) is 12.8 Å². The Labute approximate surface area is 715 Å². The van der Waals surface area contributed by atoms with Crippen LogP contribution < -0.4 is 16.0 Å². The highest BCUT2D eigenvalue weighted by molar-refractivity contribution is 5.78. The van der Waals surface area contributed by atoms with Gasteiger partial charge in [0.05, 0.1) is 88.8 Å². The van der Waals surface area contributed by atoms with E-state index < -0.39 is 308 Å². The molecular formula is C81H141N3O39. The summed E-state index contributed by atoms with van der Waals surface area (Å²) in [5.41, 5.74) is 0. The first-order valence-corrected chi connectivity index (χ1v) is 43.4. The molecule has 0 aromatic heterocycles. The molecule has 0 aromatic carbocycles. The molecule has 6 fully saturated rings. The molecule has 0 spiro atoms. The summed E-state index contributed by atoms with van der Waals surface area (Å²) in [5.74, 6) is -16.5. The molecule has 0 aliphatic carbocycles. The van der Waals surface area contributed by atoms with Gasteiger partial charge in [-0.2, -0.15) is 0 Å². The van der Waals surface area contributed by atoms with Crippen molar-refractivity contribution in [2.75, 3.05) is 46.2 Å². The lowest BCUT2D eigenvalue weighted by molar-refractivity contribution is -0.407. The van der Waals surface area contributed by atoms with Crippen LogP contribution >= 0.6 is 0 Å². The quantitative estimate of drug-likeness (QED) is 0.0202. The number of ketones is 1. The summed E-state index contributed by atoms with van der Waals surface area (Å²) in [6.07, 6.45) is -37.5. The zero-order valence-electron chi connectivity index (χ0n) is 70.9. The van der Waals surface area contributed by atoms with E-state index in [2.05, 4.69) is 29.8 Å². The number of Topliss-reactive ketones (excluding diaryl/α,β-unsaturated/α-hetero) is 1. The Morgan fingerprint density at radius 1 is 0.463 bits per heavy atom. The average Bonchev–Trinajstić information content (AvgIpc) is 0.749. The molecule has 0 radical (unpaired) electrons. The van der Waals surface area contributed by atoms with Gasteiger partial charge in [-0.1, -0.05) is 154 Å². The molecule has 123 heavy (non-hydrogen) atoms. The van der Waals surface area contributed by atoms with Crippen LogP contribution in [-0.4, -0.2) is 390 Å². The number of carboxylic acid groups (broad SMARTS) is 2. The van der Waals surface area contributed by atoms with Crippen LogP contribution in [0.3, 0.4) is 0 Å². The van der Waals surface area contributed by atoms with Crippen LogP contribution in [0.25, 0.3) is 0 Å². The zero-order chi connectivity index (χ0) is 91.0. The van der Waals surface area contributed by atoms with Crippen LogP contribution in [0.15, 0.2) is 12.2 Å². The number of unbranched alkanes of at least 4 members (excludes halogenated alkanes) is 21. The number of hydrogen-bond acceptors (Lipinski definition) is 37. The van der Waals surface area contributed by atoms with Crippen molar-refractivity contribution in [3.63, 3.8) is 0 Å². The Morgan fingerprint density at radius 2 is 0.902 bits per heavy atom. The first kappa shape index (κ1) is 107. The van der Waals surface area contributed by atoms with Crippen LogP contribution in [-0.2, 0) is 85.6 Å². The lowest BCUT2D eigenvalue weighted by Crippen LogP contribution is -2.72. The Bertz CT molecular complexity index is 3120. The van der Waals surface area contributed by atoms with Crippen molar-refractivity contribution in [1.82, 2.24) is 16.0 Å². The molecule has 3 amide bonds. The van der Waals surface area contributed by atoms with Crippen molar-refractivity contribution in [2.45, 2.75) is 409 Å². The highest BCUT2D eigenvalue weighted by atomic mass is 16.8. The first-order chi connectivity index (χ1) is 58.6. The third kappa shape index (κ3) is 30.6. The van der Waals surface area contributed by atoms with Gasteiger partial charge in [-0.3, -0.25) is 14.4 Å². The second-order valence-corrected chi connectivity index (χ2v) is 33.2. The van der Waals surface area contributed by atoms with Crippen LogP contribution in [0, 0.1) is 5.92 Å². The number of nitrogens with one attached hydrogen (secondary N) is 3. The summed E-state index contributed by atoms with van der Waals surface area (Å²) in [6, 6.07) is -5.09. The molecule has 0 aromatic rings. The normalized spacial score (nSPS) is 35.9. The number of ether oxygens (including phenoxy) is 12. The second kappa shape index (κ2) is 53.6. The SMILES string of the molecule is CCCCCCCCCCCCCC=CC(O)C(COC1OC(CO)C(OC2OC(CO)C(OC3OC(CO)C(O)C(OC4OC(CO)C(O)C(O)C4O)C3CC(C)=O)C(OC3(C(=O)O)CC(O)C(NC(C)=O)C(C(O)C(CO)OC4(C(=O)O)CC(O)C(NC(C)=O)C(C(O)C(O)CO)O4)O3)C2O)C(O)C1O)NC(=O)CCCCCCCCCCCCC. The standard InChI is InChI=1S/C81H141N3O39/c1-6-8-10-12-14-16-18-19-21-22-24-26-28-30-47(94)46(84-56(98)31-29-27-25-23-20-17-15-13-11-9-7-2)41-112-75-66(106)64(104)69(54(39-89)115-75)118-77-67(107)73(70(55(40-90)116-77)119-74-45(32-42(3)91)68(61(101)52(37-87)113-74)117-76-65(105)63(103)60(100)51(36-86)114-76)123-81(79(110)111)34-49(96)58(83-44(5)93)72(122-81)62(102)53(38-88)120-80(78(108)109)33-48(95)57(82-43(4)92)71(121-80)59(99)50(97)35-85/h28,30,45-55,57-77,85-90,94-97,99-107H,6-27,29,31-41H2,1-5H3,(H,82,92)(H,83,93)(H,84,98)(H,108,109)(H,110,111). The molecule has 6 aliphatic rings. The van der Waals surface area contributed by atoms with E-state index >= 15 is 0 Å². The number of aliphatic hydroxyl groups is 19. The van der Waals surface area contributed by atoms with Gasteiger partial charge < -0.3 is 185 Å². The predicted molar refractivity (Wildman–Crippen MR) is 423 cm³/mol. The van der Waals surface area contributed by atoms with Crippen molar-refractivity contribution >= 4 is 35.4 Å². The van der Waals surface area contributed by atoms with Gasteiger partial charge in [0.25, 0.3) is 11.6 Å². The summed E-state index contributed by atoms with van der Waals surface area (Å²) in [7, 11) is 0. The number of aliphatic hydroxyl groups excluding tert-OH is 19. The maximum Gasteiger partial charge on any atom is 0.364 e. The van der Waals surface area contributed by atoms with Gasteiger partial charge in [0.1, 0.15) is 128 Å². The Hall–Kier alpha value is -4.48. The zero-order valence-corrected chi connectivity index (χ0v) is 70.9. The van der Waals surface area contributed by atoms with E-state index in [0.717, 1.165) is 97.8 Å². The molecule has 34 atom stereocenters. The average molecular weight is 1780 g/mol. The summed E-state index contributed by atoms with van der Waals surface area (Å²) in [4.78, 5) is 80.3. The third-order valence-corrected chi connectivity index (χ3v) is 23.4. The van der Waals surface area contributed by atoms with Crippen LogP contribution in [0.5, 0.6) is 0 Å². The van der Waals surface area contributed by atoms with Crippen molar-refractivity contribution in [2.24, 2.45) is 5.92 Å². The molecule has 0 bridgehead atoms. The molecule has 6 aliphatic heterocycles. The fourth-order valence-electron chi connectivity index (χ4n) is 16.4. The van der Waals surface area contributed by atoms with Crippen molar-refractivity contribution < 1.29 is 193 Å². The number of rotatable bonds is 56. The van der Waals surface area contributed by atoms with E-state index in [9.17, 15) is 136 Å². The number of carbonyl (C=O) groups is 6. The lowest BCUT2D eigenvalue weighted by atomic mass is 9.86. The molecule has 714 valence electrons. The third-order valence-electron chi connectivity index (χ3n) is 23.4. The van der Waals surface area contributed by atoms with E-state index in [4.69, 9.17) is 56.8 Å². The van der Waals surface area contributed by atoms with Crippen LogP contribution in [0.4, 0.5) is 0 Å². The maximum atomic E-state index is 14.4. The fourth-order valence-corrected chi connectivity index (χ4v) is 16.4. The number of carbonyl (C=O) groups excluding carboxylic acids is 4. The Kier molecular flexibility index (Phi) is 46.8. The molecule has 0 saturated carbocycles. The molecule has 6 saturated heterocycles. The smallest absolute Gasteiger partial charge is 0.364 e. The largest absolute Gasteiger partial charge is 0.477 e. The number of amides is 3. The molecule has 24 N–H and O–H groups in total. The summed E-state index contributed by atoms with van der Waals surface area (Å²) < 4.78 is 72.4. The molecule has 42 nitrogen and oxygen atoms in total. The van der Waals surface area contributed by atoms with Crippen molar-refractivity contribution in [3.8, 4) is 0 Å². The molecule has 42 heteroatoms. The van der Waals surface area contributed by atoms with Gasteiger partial charge >= 0.3 is 11.9 Å². The highest BCUT2D eigenvalue weighted by Gasteiger charge is 2.64. The van der Waals surface area contributed by atoms with Crippen molar-refractivity contribution in [1.29, 1.82) is 0 Å². The monoisotopic (exact) mass is 1780 g/mol. The minimum Gasteiger partial charge on any atom is -0.477 e. The predicted octanol–water partition coefficient (Wildman–Crippen LogP) is -4.34. The van der Waals surface area contributed by atoms with Crippen LogP contribution in [0.1, 0.15) is 208 Å². The van der Waals surface area contributed by atoms with Gasteiger partial charge in [-0.25, -0.2) is 9.59 Å². The number of carboxylic acids is 2. The molecule has 34 unspecified atom stereocenters. The van der Waals surface area contributed by atoms with Gasteiger partial charge in [0.2, 0.25) is 17.7 Å². The van der Waals surface area contributed by atoms with Crippen LogP contribution in [0.2, 0.25) is 0 Å². The van der Waals surface area contributed by atoms with Crippen molar-refractivity contribution in [3.05, 3.63) is 12.2 Å². The highest BCUT2D eigenvalue weighted by Crippen LogP contribution is 2.44. The second-order valence-electron chi connectivity index (χ2n) is 33.2. The van der Waals surface area contributed by atoms with E-state index in [1.807, 2.05) is 0 Å². The van der Waals surface area contributed by atoms with Gasteiger partial charge in [0, 0.05) is 45.4 Å². The number of hydrogen-bond donors (Lipinski definition) is 24. The molecule has 6 heterocycles. The maximum absolute atomic E-state index is 14.4. The number of allylic oxidation sites excluding steroid dienone is 1. The minimum atomic E-state index is -3.68. The molecular weight excluding hydrogens is 1640 g/mol. The summed E-state index contributed by atoms with van der Waals surface area (Å²) in [5, 5.41) is 245. The number of aliphatic carboxylic acids is 2. The summed E-state index contributed by atoms with van der Waals surface area (Å²) in [6.45, 7) is -0.840. The van der Waals surface area contributed by atoms with E-state index in [1.165, 1.54) is 63.9 Å².